The van der Waals surface area contributed by atoms with Gasteiger partial charge in [-0.3, -0.25) is 4.98 Å². The molecule has 1 aromatic rings. The first-order chi connectivity index (χ1) is 8.86. The van der Waals surface area contributed by atoms with E-state index < -0.39 is 0 Å². The highest BCUT2D eigenvalue weighted by molar-refractivity contribution is 5.23. The molecule has 1 saturated carbocycles. The molecule has 1 aliphatic rings. The zero-order valence-electron chi connectivity index (χ0n) is 11.8. The number of aryl methyl sites for hydroxylation is 1. The van der Waals surface area contributed by atoms with Gasteiger partial charge in [-0.2, -0.15) is 0 Å². The van der Waals surface area contributed by atoms with E-state index in [9.17, 15) is 0 Å². The molecule has 0 aliphatic heterocycles. The SMILES string of the molecule is CCCNC(c1ncccc1CC)C1CCCC1. The van der Waals surface area contributed by atoms with Crippen LogP contribution in [-0.4, -0.2) is 11.5 Å². The van der Waals surface area contributed by atoms with Gasteiger partial charge in [0.15, 0.2) is 0 Å². The first-order valence-corrected chi connectivity index (χ1v) is 7.54. The molecule has 2 heteroatoms. The lowest BCUT2D eigenvalue weighted by atomic mass is 9.91. The topological polar surface area (TPSA) is 24.9 Å². The second kappa shape index (κ2) is 6.89. The number of aromatic nitrogens is 1. The van der Waals surface area contributed by atoms with Crippen LogP contribution in [0.2, 0.25) is 0 Å². The van der Waals surface area contributed by atoms with Gasteiger partial charge in [0, 0.05) is 6.20 Å². The summed E-state index contributed by atoms with van der Waals surface area (Å²) in [5.74, 6) is 0.789. The number of hydrogen-bond acceptors (Lipinski definition) is 2. The van der Waals surface area contributed by atoms with Crippen LogP contribution in [0.15, 0.2) is 18.3 Å². The Morgan fingerprint density at radius 1 is 1.33 bits per heavy atom. The van der Waals surface area contributed by atoms with Crippen LogP contribution in [0.1, 0.15) is 63.3 Å². The maximum absolute atomic E-state index is 4.68. The van der Waals surface area contributed by atoms with Gasteiger partial charge in [0.25, 0.3) is 0 Å². The minimum Gasteiger partial charge on any atom is -0.308 e. The molecule has 0 saturated heterocycles. The van der Waals surface area contributed by atoms with Crippen LogP contribution < -0.4 is 5.32 Å². The van der Waals surface area contributed by atoms with E-state index in [1.54, 1.807) is 0 Å². The molecule has 0 spiro atoms. The zero-order chi connectivity index (χ0) is 12.8. The second-order valence-electron chi connectivity index (χ2n) is 5.38. The van der Waals surface area contributed by atoms with E-state index in [1.807, 2.05) is 6.20 Å². The quantitative estimate of drug-likeness (QED) is 0.824. The average Bonchev–Trinajstić information content (AvgIpc) is 2.94. The molecular weight excluding hydrogens is 220 g/mol. The summed E-state index contributed by atoms with van der Waals surface area (Å²) >= 11 is 0. The van der Waals surface area contributed by atoms with Gasteiger partial charge in [0.05, 0.1) is 11.7 Å². The molecule has 18 heavy (non-hydrogen) atoms. The first kappa shape index (κ1) is 13.5. The summed E-state index contributed by atoms with van der Waals surface area (Å²) in [5.41, 5.74) is 2.72. The summed E-state index contributed by atoms with van der Waals surface area (Å²) in [7, 11) is 0. The predicted octanol–water partition coefficient (Wildman–Crippen LogP) is 3.87. The molecule has 0 aromatic carbocycles. The molecule has 1 aromatic heterocycles. The third-order valence-corrected chi connectivity index (χ3v) is 4.09. The Morgan fingerprint density at radius 2 is 2.11 bits per heavy atom. The van der Waals surface area contributed by atoms with E-state index in [4.69, 9.17) is 0 Å². The van der Waals surface area contributed by atoms with Crippen LogP contribution in [-0.2, 0) is 6.42 Å². The highest BCUT2D eigenvalue weighted by atomic mass is 14.9. The molecule has 1 fully saturated rings. The molecule has 2 rings (SSSR count). The van der Waals surface area contributed by atoms with E-state index in [-0.39, 0.29) is 0 Å². The Kier molecular flexibility index (Phi) is 5.18. The summed E-state index contributed by atoms with van der Waals surface area (Å²) in [4.78, 5) is 4.68. The highest BCUT2D eigenvalue weighted by Crippen LogP contribution is 2.36. The lowest BCUT2D eigenvalue weighted by Gasteiger charge is -2.26. The van der Waals surface area contributed by atoms with Crippen molar-refractivity contribution >= 4 is 0 Å². The van der Waals surface area contributed by atoms with E-state index in [0.717, 1.165) is 18.9 Å². The largest absolute Gasteiger partial charge is 0.308 e. The summed E-state index contributed by atoms with van der Waals surface area (Å²) in [6.45, 7) is 5.56. The lowest BCUT2D eigenvalue weighted by molar-refractivity contribution is 0.359. The van der Waals surface area contributed by atoms with Gasteiger partial charge in [0.1, 0.15) is 0 Å². The van der Waals surface area contributed by atoms with Crippen LogP contribution in [0.5, 0.6) is 0 Å². The number of hydrogen-bond donors (Lipinski definition) is 1. The molecule has 1 unspecified atom stereocenters. The molecule has 0 radical (unpaired) electrons. The third-order valence-electron chi connectivity index (χ3n) is 4.09. The molecule has 0 bridgehead atoms. The van der Waals surface area contributed by atoms with Crippen molar-refractivity contribution in [3.8, 4) is 0 Å². The zero-order valence-corrected chi connectivity index (χ0v) is 11.8. The van der Waals surface area contributed by atoms with Gasteiger partial charge < -0.3 is 5.32 Å². The second-order valence-corrected chi connectivity index (χ2v) is 5.38. The Morgan fingerprint density at radius 3 is 2.78 bits per heavy atom. The fourth-order valence-corrected chi connectivity index (χ4v) is 3.11. The standard InChI is InChI=1S/C16H26N2/c1-3-11-17-16(14-8-5-6-9-14)15-13(4-2)10-7-12-18-15/h7,10,12,14,16-17H,3-6,8-9,11H2,1-2H3. The Bertz CT molecular complexity index is 356. The monoisotopic (exact) mass is 246 g/mol. The van der Waals surface area contributed by atoms with Crippen molar-refractivity contribution in [3.05, 3.63) is 29.6 Å². The Labute approximate surface area is 111 Å². The lowest BCUT2D eigenvalue weighted by Crippen LogP contribution is -2.29. The smallest absolute Gasteiger partial charge is 0.0607 e. The molecule has 2 nitrogen and oxygen atoms in total. The van der Waals surface area contributed by atoms with Gasteiger partial charge in [0.2, 0.25) is 0 Å². The van der Waals surface area contributed by atoms with Crippen LogP contribution in [0.3, 0.4) is 0 Å². The molecular formula is C16H26N2. The van der Waals surface area contributed by atoms with Crippen LogP contribution in [0.25, 0.3) is 0 Å². The summed E-state index contributed by atoms with van der Waals surface area (Å²) < 4.78 is 0. The van der Waals surface area contributed by atoms with Gasteiger partial charge in [-0.1, -0.05) is 32.8 Å². The first-order valence-electron chi connectivity index (χ1n) is 7.54. The summed E-state index contributed by atoms with van der Waals surface area (Å²) in [5, 5.41) is 3.74. The van der Waals surface area contributed by atoms with Crippen molar-refractivity contribution < 1.29 is 0 Å². The van der Waals surface area contributed by atoms with Crippen molar-refractivity contribution in [2.75, 3.05) is 6.54 Å². The van der Waals surface area contributed by atoms with Gasteiger partial charge >= 0.3 is 0 Å². The van der Waals surface area contributed by atoms with Crippen LogP contribution in [0.4, 0.5) is 0 Å². The minimum atomic E-state index is 0.476. The van der Waals surface area contributed by atoms with E-state index in [0.29, 0.717) is 6.04 Å². The molecule has 1 aliphatic carbocycles. The van der Waals surface area contributed by atoms with Crippen molar-refractivity contribution in [2.45, 2.75) is 58.4 Å². The van der Waals surface area contributed by atoms with E-state index >= 15 is 0 Å². The van der Waals surface area contributed by atoms with Crippen LogP contribution >= 0.6 is 0 Å². The summed E-state index contributed by atoms with van der Waals surface area (Å²) in [6, 6.07) is 4.77. The minimum absolute atomic E-state index is 0.476. The number of nitrogens with one attached hydrogen (secondary N) is 1. The van der Waals surface area contributed by atoms with Gasteiger partial charge in [-0.15, -0.1) is 0 Å². The van der Waals surface area contributed by atoms with Crippen LogP contribution in [0, 0.1) is 5.92 Å². The van der Waals surface area contributed by atoms with Crippen molar-refractivity contribution in [1.29, 1.82) is 0 Å². The molecule has 1 heterocycles. The Hall–Kier alpha value is -0.890. The third kappa shape index (κ3) is 3.11. The van der Waals surface area contributed by atoms with Crippen molar-refractivity contribution in [3.63, 3.8) is 0 Å². The normalized spacial score (nSPS) is 18.1. The van der Waals surface area contributed by atoms with Gasteiger partial charge in [-0.05, 0) is 49.8 Å². The van der Waals surface area contributed by atoms with E-state index in [2.05, 4.69) is 36.3 Å². The average molecular weight is 246 g/mol. The molecule has 0 amide bonds. The molecule has 100 valence electrons. The Balaban J connectivity index is 2.20. The maximum atomic E-state index is 4.68. The summed E-state index contributed by atoms with van der Waals surface area (Å²) in [6.07, 6.45) is 9.73. The maximum Gasteiger partial charge on any atom is 0.0607 e. The van der Waals surface area contributed by atoms with Crippen molar-refractivity contribution in [1.82, 2.24) is 10.3 Å². The number of pyridine rings is 1. The predicted molar refractivity (Wildman–Crippen MR) is 76.6 cm³/mol. The van der Waals surface area contributed by atoms with Crippen molar-refractivity contribution in [2.24, 2.45) is 5.92 Å². The fraction of sp³-hybridized carbons (Fsp3) is 0.688. The number of rotatable bonds is 6. The highest BCUT2D eigenvalue weighted by Gasteiger charge is 2.27. The van der Waals surface area contributed by atoms with Gasteiger partial charge in [-0.25, -0.2) is 0 Å². The number of nitrogens with zero attached hydrogens (tertiary/aromatic N) is 1. The molecule has 1 N–H and O–H groups in total. The molecule has 1 atom stereocenters. The fourth-order valence-electron chi connectivity index (χ4n) is 3.11. The van der Waals surface area contributed by atoms with E-state index in [1.165, 1.54) is 43.4 Å².